The Kier molecular flexibility index (Phi) is 2.46. The van der Waals surface area contributed by atoms with Gasteiger partial charge in [0.25, 0.3) is 5.78 Å². The number of nitrogens with two attached hydrogens (primary N) is 1. The topological polar surface area (TPSA) is 80.4 Å². The number of carbonyl (C=O) groups excluding carboxylic acids is 1. The Morgan fingerprint density at radius 1 is 1.29 bits per heavy atom. The predicted molar refractivity (Wildman–Crippen MR) is 42.7 cm³/mol. The monoisotopic (exact) mass is 201 g/mol. The molecule has 0 bridgehead atoms. The maximum absolute atomic E-state index is 12.7. The summed E-state index contributed by atoms with van der Waals surface area (Å²) < 4.78 is 25.3. The Morgan fingerprint density at radius 3 is 2.29 bits per heavy atom. The first kappa shape index (κ1) is 10.1. The number of aliphatic carboxylic acids is 1. The van der Waals surface area contributed by atoms with Crippen LogP contribution in [0.5, 0.6) is 0 Å². The molecule has 0 fully saturated rings. The van der Waals surface area contributed by atoms with Gasteiger partial charge < -0.3 is 10.8 Å². The minimum atomic E-state index is -1.75. The van der Waals surface area contributed by atoms with E-state index in [1.165, 1.54) is 0 Å². The first-order valence-corrected chi connectivity index (χ1v) is 3.45. The van der Waals surface area contributed by atoms with Crippen LogP contribution in [0.15, 0.2) is 12.1 Å². The molecule has 0 heterocycles. The van der Waals surface area contributed by atoms with E-state index in [2.05, 4.69) is 0 Å². The molecule has 0 unspecified atom stereocenters. The summed E-state index contributed by atoms with van der Waals surface area (Å²) in [7, 11) is 0. The molecule has 0 amide bonds. The van der Waals surface area contributed by atoms with Crippen molar-refractivity contribution in [3.63, 3.8) is 0 Å². The molecule has 6 heteroatoms. The number of Topliss-reactive ketones (excluding diaryl/α,β-unsaturated/α-hetero) is 1. The summed E-state index contributed by atoms with van der Waals surface area (Å²) in [6, 6.07) is 1.26. The number of rotatable bonds is 2. The molecule has 0 atom stereocenters. The third-order valence-electron chi connectivity index (χ3n) is 1.51. The molecule has 1 aromatic carbocycles. The molecule has 1 aromatic rings. The van der Waals surface area contributed by atoms with Gasteiger partial charge in [-0.2, -0.15) is 0 Å². The minimum absolute atomic E-state index is 0.488. The largest absolute Gasteiger partial charge is 0.475 e. The first-order valence-electron chi connectivity index (χ1n) is 3.45. The van der Waals surface area contributed by atoms with Crippen LogP contribution < -0.4 is 5.73 Å². The Bertz CT molecular complexity index is 394. The Balaban J connectivity index is 3.26. The van der Waals surface area contributed by atoms with Crippen molar-refractivity contribution in [1.82, 2.24) is 0 Å². The first-order chi connectivity index (χ1) is 6.43. The number of halogens is 2. The molecule has 1 rings (SSSR count). The summed E-state index contributed by atoms with van der Waals surface area (Å²) in [6.07, 6.45) is 0. The quantitative estimate of drug-likeness (QED) is 0.421. The highest BCUT2D eigenvalue weighted by Gasteiger charge is 2.18. The van der Waals surface area contributed by atoms with Crippen molar-refractivity contribution in [2.24, 2.45) is 0 Å². The third-order valence-corrected chi connectivity index (χ3v) is 1.51. The molecule has 14 heavy (non-hydrogen) atoms. The van der Waals surface area contributed by atoms with E-state index in [1.54, 1.807) is 0 Å². The van der Waals surface area contributed by atoms with Gasteiger partial charge in [-0.15, -0.1) is 0 Å². The predicted octanol–water partition coefficient (Wildman–Crippen LogP) is 0.814. The fraction of sp³-hybridized carbons (Fsp3) is 0. The fourth-order valence-corrected chi connectivity index (χ4v) is 0.865. The van der Waals surface area contributed by atoms with Crippen molar-refractivity contribution < 1.29 is 23.5 Å². The van der Waals surface area contributed by atoms with Crippen molar-refractivity contribution in [3.8, 4) is 0 Å². The van der Waals surface area contributed by atoms with E-state index in [1.807, 2.05) is 0 Å². The lowest BCUT2D eigenvalue weighted by Crippen LogP contribution is -2.13. The van der Waals surface area contributed by atoms with E-state index in [-0.39, 0.29) is 0 Å². The van der Waals surface area contributed by atoms with Crippen molar-refractivity contribution in [2.75, 3.05) is 5.73 Å². The average molecular weight is 201 g/mol. The van der Waals surface area contributed by atoms with Crippen LogP contribution in [0.1, 0.15) is 10.4 Å². The van der Waals surface area contributed by atoms with Gasteiger partial charge in [-0.1, -0.05) is 0 Å². The second-order valence-electron chi connectivity index (χ2n) is 2.50. The smallest absolute Gasteiger partial charge is 0.377 e. The highest BCUT2D eigenvalue weighted by molar-refractivity contribution is 6.39. The lowest BCUT2D eigenvalue weighted by Gasteiger charge is -2.00. The number of carbonyl (C=O) groups is 2. The van der Waals surface area contributed by atoms with Crippen LogP contribution in [0, 0.1) is 11.6 Å². The zero-order chi connectivity index (χ0) is 10.9. The van der Waals surface area contributed by atoms with E-state index >= 15 is 0 Å². The van der Waals surface area contributed by atoms with Gasteiger partial charge in [0, 0.05) is 5.56 Å². The number of carboxylic acid groups (broad SMARTS) is 1. The number of carboxylic acids is 1. The fourth-order valence-electron chi connectivity index (χ4n) is 0.865. The summed E-state index contributed by atoms with van der Waals surface area (Å²) in [5.74, 6) is -5.74. The van der Waals surface area contributed by atoms with Crippen LogP contribution in [-0.2, 0) is 4.79 Å². The molecule has 0 radical (unpaired) electrons. The average Bonchev–Trinajstić information content (AvgIpc) is 2.12. The molecule has 0 aliphatic rings. The van der Waals surface area contributed by atoms with Gasteiger partial charge in [-0.05, 0) is 12.1 Å². The molecule has 0 saturated carbocycles. The summed E-state index contributed by atoms with van der Waals surface area (Å²) >= 11 is 0. The second kappa shape index (κ2) is 3.41. The molecule has 4 nitrogen and oxygen atoms in total. The van der Waals surface area contributed by atoms with Gasteiger partial charge in [0.2, 0.25) is 0 Å². The van der Waals surface area contributed by atoms with Crippen LogP contribution in [-0.4, -0.2) is 16.9 Å². The lowest BCUT2D eigenvalue weighted by atomic mass is 10.1. The molecular formula is C8H5F2NO3. The van der Waals surface area contributed by atoms with E-state index in [0.717, 1.165) is 6.07 Å². The van der Waals surface area contributed by atoms with Crippen LogP contribution in [0.25, 0.3) is 0 Å². The van der Waals surface area contributed by atoms with E-state index in [4.69, 9.17) is 10.8 Å². The number of ketones is 1. The van der Waals surface area contributed by atoms with Gasteiger partial charge >= 0.3 is 5.97 Å². The Hall–Kier alpha value is -1.98. The minimum Gasteiger partial charge on any atom is -0.475 e. The van der Waals surface area contributed by atoms with Crippen molar-refractivity contribution >= 4 is 17.4 Å². The number of benzene rings is 1. The summed E-state index contributed by atoms with van der Waals surface area (Å²) in [6.45, 7) is 0. The molecule has 0 aromatic heterocycles. The van der Waals surface area contributed by atoms with Gasteiger partial charge in [-0.25, -0.2) is 13.6 Å². The van der Waals surface area contributed by atoms with Gasteiger partial charge in [-0.3, -0.25) is 4.79 Å². The zero-order valence-corrected chi connectivity index (χ0v) is 6.75. The summed E-state index contributed by atoms with van der Waals surface area (Å²) in [4.78, 5) is 21.0. The molecule has 0 saturated heterocycles. The van der Waals surface area contributed by atoms with Gasteiger partial charge in [0.1, 0.15) is 0 Å². The highest BCUT2D eigenvalue weighted by Crippen LogP contribution is 2.17. The normalized spacial score (nSPS) is 9.86. The SMILES string of the molecule is Nc1cc(C(=O)C(=O)O)cc(F)c1F. The molecule has 3 N–H and O–H groups in total. The lowest BCUT2D eigenvalue weighted by molar-refractivity contribution is -0.131. The Labute approximate surface area is 76.9 Å². The summed E-state index contributed by atoms with van der Waals surface area (Å²) in [5, 5.41) is 8.28. The van der Waals surface area contributed by atoms with Crippen LogP contribution in [0.3, 0.4) is 0 Å². The van der Waals surface area contributed by atoms with Gasteiger partial charge in [0.15, 0.2) is 11.6 Å². The van der Waals surface area contributed by atoms with Crippen LogP contribution >= 0.6 is 0 Å². The molecule has 74 valence electrons. The Morgan fingerprint density at radius 2 is 1.86 bits per heavy atom. The van der Waals surface area contributed by atoms with E-state index < -0.39 is 34.6 Å². The summed E-state index contributed by atoms with van der Waals surface area (Å²) in [5.41, 5.74) is 3.91. The second-order valence-corrected chi connectivity index (χ2v) is 2.50. The molecule has 0 aliphatic heterocycles. The number of anilines is 1. The number of nitrogen functional groups attached to an aromatic ring is 1. The van der Waals surface area contributed by atoms with Gasteiger partial charge in [0.05, 0.1) is 5.69 Å². The zero-order valence-electron chi connectivity index (χ0n) is 6.75. The maximum atomic E-state index is 12.7. The van der Waals surface area contributed by atoms with Crippen LogP contribution in [0.2, 0.25) is 0 Å². The van der Waals surface area contributed by atoms with E-state index in [0.29, 0.717) is 6.07 Å². The third kappa shape index (κ3) is 1.68. The van der Waals surface area contributed by atoms with E-state index in [9.17, 15) is 18.4 Å². The standard InChI is InChI=1S/C8H5F2NO3/c9-4-1-3(7(12)8(13)14)2-5(11)6(4)10/h1-2H,11H2,(H,13,14). The van der Waals surface area contributed by atoms with Crippen LogP contribution in [0.4, 0.5) is 14.5 Å². The maximum Gasteiger partial charge on any atom is 0.377 e. The molecule has 0 spiro atoms. The highest BCUT2D eigenvalue weighted by atomic mass is 19.2. The number of hydrogen-bond donors (Lipinski definition) is 2. The van der Waals surface area contributed by atoms with Crippen molar-refractivity contribution in [3.05, 3.63) is 29.3 Å². The van der Waals surface area contributed by atoms with Crippen molar-refractivity contribution in [1.29, 1.82) is 0 Å². The number of hydrogen-bond acceptors (Lipinski definition) is 3. The van der Waals surface area contributed by atoms with Crippen molar-refractivity contribution in [2.45, 2.75) is 0 Å². The molecular weight excluding hydrogens is 196 g/mol. The molecule has 0 aliphatic carbocycles.